The molecule has 0 spiro atoms. The van der Waals surface area contributed by atoms with Crippen molar-refractivity contribution in [1.82, 2.24) is 10.3 Å². The summed E-state index contributed by atoms with van der Waals surface area (Å²) < 4.78 is 0. The number of rotatable bonds is 7. The number of nitrogens with one attached hydrogen (secondary N) is 2. The molecular weight excluding hydrogens is 364 g/mol. The number of aromatic amines is 1. The summed E-state index contributed by atoms with van der Waals surface area (Å²) in [7, 11) is 0. The van der Waals surface area contributed by atoms with Crippen LogP contribution in [0.3, 0.4) is 0 Å². The molecule has 28 heavy (non-hydrogen) atoms. The smallest absolute Gasteiger partial charge is 0.232 e. The van der Waals surface area contributed by atoms with Crippen molar-refractivity contribution in [3.8, 4) is 0 Å². The molecule has 4 heteroatoms. The fourth-order valence-corrected chi connectivity index (χ4v) is 4.29. The van der Waals surface area contributed by atoms with Crippen molar-refractivity contribution in [2.24, 2.45) is 0 Å². The highest BCUT2D eigenvalue weighted by Crippen LogP contribution is 2.28. The summed E-state index contributed by atoms with van der Waals surface area (Å²) in [6.45, 7) is 0.624. The van der Waals surface area contributed by atoms with Gasteiger partial charge in [0.25, 0.3) is 0 Å². The maximum Gasteiger partial charge on any atom is 0.232 e. The van der Waals surface area contributed by atoms with Crippen LogP contribution in [0, 0.1) is 0 Å². The summed E-state index contributed by atoms with van der Waals surface area (Å²) in [6, 6.07) is 28.2. The molecular formula is C24H22N2OS. The number of fused-ring (bicyclic) bond motifs is 1. The number of hydrogen-bond acceptors (Lipinski definition) is 2. The van der Waals surface area contributed by atoms with Gasteiger partial charge in [-0.25, -0.2) is 0 Å². The van der Waals surface area contributed by atoms with Crippen LogP contribution in [0.15, 0.2) is 96.0 Å². The molecule has 3 nitrogen and oxygen atoms in total. The molecule has 0 saturated carbocycles. The van der Waals surface area contributed by atoms with Gasteiger partial charge in [0.1, 0.15) is 0 Å². The van der Waals surface area contributed by atoms with Gasteiger partial charge in [0.15, 0.2) is 0 Å². The largest absolute Gasteiger partial charge is 0.360 e. The molecule has 4 aromatic rings. The Morgan fingerprint density at radius 2 is 1.46 bits per heavy atom. The van der Waals surface area contributed by atoms with E-state index in [9.17, 15) is 4.79 Å². The summed E-state index contributed by atoms with van der Waals surface area (Å²) in [6.07, 6.45) is 2.04. The Morgan fingerprint density at radius 3 is 2.14 bits per heavy atom. The number of H-pyrrole nitrogens is 1. The van der Waals surface area contributed by atoms with Gasteiger partial charge < -0.3 is 10.3 Å². The number of thioether (sulfide) groups is 1. The zero-order chi connectivity index (χ0) is 19.2. The van der Waals surface area contributed by atoms with Crippen molar-refractivity contribution in [2.75, 3.05) is 12.3 Å². The van der Waals surface area contributed by atoms with Crippen LogP contribution in [0.1, 0.15) is 17.0 Å². The molecule has 0 fully saturated rings. The second-order valence-electron chi connectivity index (χ2n) is 6.59. The standard InChI is InChI=1S/C24H22N2OS/c27-24(23(18-9-3-1-4-10-18)19-11-5-2-6-12-19)25-15-16-28-22-17-26-21-14-8-7-13-20(21)22/h1-14,17,23,26H,15-16H2,(H,25,27). The maximum atomic E-state index is 13.0. The van der Waals surface area contributed by atoms with Crippen LogP contribution in [0.5, 0.6) is 0 Å². The van der Waals surface area contributed by atoms with Crippen LogP contribution in [0.4, 0.5) is 0 Å². The molecule has 3 aromatic carbocycles. The molecule has 0 aliphatic heterocycles. The minimum Gasteiger partial charge on any atom is -0.360 e. The highest BCUT2D eigenvalue weighted by atomic mass is 32.2. The van der Waals surface area contributed by atoms with Gasteiger partial charge in [-0.05, 0) is 17.2 Å². The molecule has 0 aliphatic rings. The highest BCUT2D eigenvalue weighted by Gasteiger charge is 2.22. The van der Waals surface area contributed by atoms with Crippen LogP contribution in [-0.4, -0.2) is 23.2 Å². The molecule has 1 aromatic heterocycles. The maximum absolute atomic E-state index is 13.0. The van der Waals surface area contributed by atoms with Crippen LogP contribution in [0.2, 0.25) is 0 Å². The zero-order valence-electron chi connectivity index (χ0n) is 15.5. The Labute approximate surface area is 169 Å². The Balaban J connectivity index is 1.41. The van der Waals surface area contributed by atoms with E-state index in [0.717, 1.165) is 22.4 Å². The summed E-state index contributed by atoms with van der Waals surface area (Å²) >= 11 is 1.76. The fourth-order valence-electron chi connectivity index (χ4n) is 3.39. The summed E-state index contributed by atoms with van der Waals surface area (Å²) in [4.78, 5) is 17.5. The normalized spacial score (nSPS) is 11.0. The lowest BCUT2D eigenvalue weighted by Crippen LogP contribution is -2.31. The van der Waals surface area contributed by atoms with Crippen LogP contribution in [-0.2, 0) is 4.79 Å². The lowest BCUT2D eigenvalue weighted by molar-refractivity contribution is -0.121. The number of amides is 1. The van der Waals surface area contributed by atoms with Gasteiger partial charge >= 0.3 is 0 Å². The van der Waals surface area contributed by atoms with E-state index in [1.54, 1.807) is 11.8 Å². The van der Waals surface area contributed by atoms with Crippen molar-refractivity contribution < 1.29 is 4.79 Å². The SMILES string of the molecule is O=C(NCCSc1c[nH]c2ccccc12)C(c1ccccc1)c1ccccc1. The Bertz CT molecular complexity index is 1000. The summed E-state index contributed by atoms with van der Waals surface area (Å²) in [5, 5.41) is 4.35. The van der Waals surface area contributed by atoms with Gasteiger partial charge in [0.2, 0.25) is 5.91 Å². The molecule has 0 aliphatic carbocycles. The van der Waals surface area contributed by atoms with E-state index >= 15 is 0 Å². The van der Waals surface area contributed by atoms with Crippen LogP contribution >= 0.6 is 11.8 Å². The van der Waals surface area contributed by atoms with Gasteiger partial charge in [0, 0.05) is 34.3 Å². The third kappa shape index (κ3) is 4.12. The van der Waals surface area contributed by atoms with E-state index in [4.69, 9.17) is 0 Å². The molecule has 0 atom stereocenters. The first-order valence-corrected chi connectivity index (χ1v) is 10.4. The van der Waals surface area contributed by atoms with Gasteiger partial charge in [0.05, 0.1) is 5.92 Å². The average Bonchev–Trinajstić information content (AvgIpc) is 3.16. The van der Waals surface area contributed by atoms with Crippen molar-refractivity contribution >= 4 is 28.6 Å². The van der Waals surface area contributed by atoms with E-state index < -0.39 is 0 Å². The number of carbonyl (C=O) groups excluding carboxylic acids is 1. The van der Waals surface area contributed by atoms with Crippen molar-refractivity contribution in [3.63, 3.8) is 0 Å². The van der Waals surface area contributed by atoms with Crippen molar-refractivity contribution in [3.05, 3.63) is 102 Å². The minimum absolute atomic E-state index is 0.0388. The molecule has 4 rings (SSSR count). The second kappa shape index (κ2) is 8.81. The Hall–Kier alpha value is -2.98. The van der Waals surface area contributed by atoms with Gasteiger partial charge in [-0.15, -0.1) is 11.8 Å². The quantitative estimate of drug-likeness (QED) is 0.338. The van der Waals surface area contributed by atoms with E-state index in [1.807, 2.05) is 79.0 Å². The van der Waals surface area contributed by atoms with Crippen LogP contribution < -0.4 is 5.32 Å². The average molecular weight is 387 g/mol. The van der Waals surface area contributed by atoms with Crippen molar-refractivity contribution in [1.29, 1.82) is 0 Å². The Kier molecular flexibility index (Phi) is 5.78. The van der Waals surface area contributed by atoms with E-state index in [1.165, 1.54) is 10.3 Å². The van der Waals surface area contributed by atoms with Gasteiger partial charge in [-0.1, -0.05) is 78.9 Å². The molecule has 0 unspecified atom stereocenters. The van der Waals surface area contributed by atoms with E-state index in [0.29, 0.717) is 6.54 Å². The highest BCUT2D eigenvalue weighted by molar-refractivity contribution is 7.99. The lowest BCUT2D eigenvalue weighted by atomic mass is 9.90. The van der Waals surface area contributed by atoms with Gasteiger partial charge in [-0.3, -0.25) is 4.79 Å². The molecule has 0 saturated heterocycles. The molecule has 0 bridgehead atoms. The fraction of sp³-hybridized carbons (Fsp3) is 0.125. The predicted molar refractivity (Wildman–Crippen MR) is 117 cm³/mol. The lowest BCUT2D eigenvalue weighted by Gasteiger charge is -2.17. The number of benzene rings is 3. The van der Waals surface area contributed by atoms with Crippen molar-refractivity contribution in [2.45, 2.75) is 10.8 Å². The first-order chi connectivity index (χ1) is 13.8. The minimum atomic E-state index is -0.291. The molecule has 140 valence electrons. The number of hydrogen-bond donors (Lipinski definition) is 2. The second-order valence-corrected chi connectivity index (χ2v) is 7.73. The van der Waals surface area contributed by atoms with E-state index in [2.05, 4.69) is 22.4 Å². The number of para-hydroxylation sites is 1. The topological polar surface area (TPSA) is 44.9 Å². The number of carbonyl (C=O) groups is 1. The third-order valence-corrected chi connectivity index (χ3v) is 5.80. The first-order valence-electron chi connectivity index (χ1n) is 9.39. The molecule has 2 N–H and O–H groups in total. The number of aromatic nitrogens is 1. The van der Waals surface area contributed by atoms with Crippen LogP contribution in [0.25, 0.3) is 10.9 Å². The van der Waals surface area contributed by atoms with E-state index in [-0.39, 0.29) is 11.8 Å². The predicted octanol–water partition coefficient (Wildman–Crippen LogP) is 5.21. The molecule has 1 heterocycles. The zero-order valence-corrected chi connectivity index (χ0v) is 16.3. The Morgan fingerprint density at radius 1 is 0.857 bits per heavy atom. The first kappa shape index (κ1) is 18.4. The molecule has 0 radical (unpaired) electrons. The molecule has 1 amide bonds. The monoisotopic (exact) mass is 386 g/mol. The van der Waals surface area contributed by atoms with Gasteiger partial charge in [-0.2, -0.15) is 0 Å². The third-order valence-electron chi connectivity index (χ3n) is 4.74. The summed E-state index contributed by atoms with van der Waals surface area (Å²) in [5.41, 5.74) is 3.16. The summed E-state index contributed by atoms with van der Waals surface area (Å²) in [5.74, 6) is 0.571.